The van der Waals surface area contributed by atoms with Crippen molar-refractivity contribution in [3.05, 3.63) is 33.7 Å². The smallest absolute Gasteiger partial charge is 0.407 e. The lowest BCUT2D eigenvalue weighted by Gasteiger charge is -2.40. The number of carboxylic acid groups (broad SMARTS) is 1. The predicted molar refractivity (Wildman–Crippen MR) is 160 cm³/mol. The van der Waals surface area contributed by atoms with Gasteiger partial charge in [0.2, 0.25) is 11.8 Å². The predicted octanol–water partition coefficient (Wildman–Crippen LogP) is 5.87. The minimum Gasteiger partial charge on any atom is -0.472 e. The molecule has 11 heteroatoms. The fourth-order valence-corrected chi connectivity index (χ4v) is 8.57. The summed E-state index contributed by atoms with van der Waals surface area (Å²) in [6, 6.07) is 3.84. The molecule has 1 N–H and O–H groups in total. The van der Waals surface area contributed by atoms with E-state index in [-0.39, 0.29) is 47.6 Å². The number of carbonyl (C=O) groups is 2. The van der Waals surface area contributed by atoms with Crippen molar-refractivity contribution in [3.8, 4) is 5.88 Å². The van der Waals surface area contributed by atoms with Crippen LogP contribution in [0.4, 0.5) is 9.18 Å². The Kier molecular flexibility index (Phi) is 6.69. The summed E-state index contributed by atoms with van der Waals surface area (Å²) in [4.78, 5) is 35.5. The number of nitrogens with zero attached hydrogens (tertiary/aromatic N) is 5. The minimum atomic E-state index is -0.912. The molecule has 0 radical (unpaired) electrons. The number of hydrogen-bond donors (Lipinski definition) is 1. The summed E-state index contributed by atoms with van der Waals surface area (Å²) in [7, 11) is 2.10. The molecular formula is C31H37BrFN5O4. The van der Waals surface area contributed by atoms with Crippen LogP contribution < -0.4 is 4.74 Å². The SMILES string of the molecule is CC(=O)N1CCC[C@@H]1c1cc2c(OC(C)[C@@H]3CCCN3C)nc3c(F)c(Br)c(C)cc3c2n1[C@H]1[C@@H]2C[C@H]1N(C(=O)O)C2. The number of benzene rings is 1. The molecular weight excluding hydrogens is 605 g/mol. The van der Waals surface area contributed by atoms with Gasteiger partial charge in [-0.2, -0.15) is 0 Å². The molecule has 2 amide bonds. The van der Waals surface area contributed by atoms with Gasteiger partial charge in [0.15, 0.2) is 5.82 Å². The Morgan fingerprint density at radius 3 is 2.60 bits per heavy atom. The Balaban J connectivity index is 1.50. The summed E-state index contributed by atoms with van der Waals surface area (Å²) in [5.41, 5.74) is 2.75. The van der Waals surface area contributed by atoms with E-state index in [9.17, 15) is 14.7 Å². The van der Waals surface area contributed by atoms with E-state index in [4.69, 9.17) is 9.72 Å². The molecule has 224 valence electrons. The van der Waals surface area contributed by atoms with Crippen LogP contribution >= 0.6 is 15.9 Å². The first-order chi connectivity index (χ1) is 20.1. The van der Waals surface area contributed by atoms with Gasteiger partial charge in [-0.3, -0.25) is 9.69 Å². The average Bonchev–Trinajstić information content (AvgIpc) is 3.75. The van der Waals surface area contributed by atoms with Gasteiger partial charge < -0.3 is 24.2 Å². The van der Waals surface area contributed by atoms with Crippen LogP contribution in [0.25, 0.3) is 21.8 Å². The first kappa shape index (κ1) is 27.9. The van der Waals surface area contributed by atoms with Crippen molar-refractivity contribution in [1.29, 1.82) is 0 Å². The fourth-order valence-electron chi connectivity index (χ4n) is 8.27. The summed E-state index contributed by atoms with van der Waals surface area (Å²) in [6.45, 7) is 7.67. The number of likely N-dealkylation sites (N-methyl/N-ethyl adjacent to an activating group) is 1. The minimum absolute atomic E-state index is 0.0150. The van der Waals surface area contributed by atoms with Crippen LogP contribution in [0, 0.1) is 18.7 Å². The summed E-state index contributed by atoms with van der Waals surface area (Å²) in [5, 5.41) is 11.4. The molecule has 9 nitrogen and oxygen atoms in total. The van der Waals surface area contributed by atoms with Gasteiger partial charge in [0.05, 0.1) is 33.5 Å². The zero-order valence-corrected chi connectivity index (χ0v) is 26.0. The van der Waals surface area contributed by atoms with E-state index in [0.29, 0.717) is 28.8 Å². The maximum atomic E-state index is 16.0. The second-order valence-corrected chi connectivity index (χ2v) is 13.5. The third-order valence-corrected chi connectivity index (χ3v) is 11.3. The van der Waals surface area contributed by atoms with Crippen molar-refractivity contribution in [2.45, 2.75) is 83.1 Å². The van der Waals surface area contributed by atoms with Crippen LogP contribution in [-0.2, 0) is 4.79 Å². The van der Waals surface area contributed by atoms with Gasteiger partial charge >= 0.3 is 6.09 Å². The van der Waals surface area contributed by atoms with Crippen LogP contribution in [0.1, 0.15) is 69.3 Å². The van der Waals surface area contributed by atoms with Crippen LogP contribution in [0.15, 0.2) is 16.6 Å². The molecule has 2 bridgehead atoms. The molecule has 5 aliphatic rings. The highest BCUT2D eigenvalue weighted by Crippen LogP contribution is 2.54. The summed E-state index contributed by atoms with van der Waals surface area (Å²) < 4.78 is 25.2. The zero-order valence-electron chi connectivity index (χ0n) is 24.4. The molecule has 3 aromatic rings. The molecule has 1 saturated carbocycles. The number of rotatable bonds is 5. The highest BCUT2D eigenvalue weighted by Gasteiger charge is 2.56. The van der Waals surface area contributed by atoms with Crippen LogP contribution in [0.3, 0.4) is 0 Å². The van der Waals surface area contributed by atoms with E-state index < -0.39 is 11.9 Å². The maximum absolute atomic E-state index is 16.0. The lowest BCUT2D eigenvalue weighted by Crippen LogP contribution is -2.43. The largest absolute Gasteiger partial charge is 0.472 e. The van der Waals surface area contributed by atoms with E-state index >= 15 is 4.39 Å². The van der Waals surface area contributed by atoms with Crippen LogP contribution in [0.5, 0.6) is 5.88 Å². The molecule has 0 spiro atoms. The van der Waals surface area contributed by atoms with Crippen LogP contribution in [0.2, 0.25) is 0 Å². The monoisotopic (exact) mass is 641 g/mol. The molecule has 1 unspecified atom stereocenters. The molecule has 6 heterocycles. The van der Waals surface area contributed by atoms with Gasteiger partial charge in [-0.1, -0.05) is 0 Å². The van der Waals surface area contributed by atoms with E-state index in [1.165, 1.54) is 0 Å². The third kappa shape index (κ3) is 4.06. The normalized spacial score (nSPS) is 28.2. The van der Waals surface area contributed by atoms with Gasteiger partial charge in [0, 0.05) is 43.1 Å². The fraction of sp³-hybridized carbons (Fsp3) is 0.581. The van der Waals surface area contributed by atoms with Crippen molar-refractivity contribution < 1.29 is 23.8 Å². The first-order valence-electron chi connectivity index (χ1n) is 15.0. The Morgan fingerprint density at radius 2 is 1.93 bits per heavy atom. The number of ether oxygens (including phenoxy) is 1. The number of carbonyl (C=O) groups excluding carboxylic acids is 1. The number of amides is 2. The standard InChI is InChI=1S/C31H37BrFN5O4/c1-15-11-19-27(26(33)25(15)32)34-30(42-16(2)21-7-5-9-35(21)4)20-13-23(22-8-6-10-36(22)17(3)39)38(29(19)20)28-18-12-24(28)37(14-18)31(40)41/h11,13,16,18,21-22,24,28H,5-10,12,14H2,1-4H3,(H,40,41)/t16?,18-,21+,22-,24-,28+/m1/s1. The highest BCUT2D eigenvalue weighted by atomic mass is 79.9. The van der Waals surface area contributed by atoms with Crippen molar-refractivity contribution in [2.75, 3.05) is 26.7 Å². The zero-order chi connectivity index (χ0) is 29.6. The molecule has 6 atom stereocenters. The number of fused-ring (bicyclic) bond motifs is 4. The Bertz CT molecular complexity index is 1630. The second kappa shape index (κ2) is 10.1. The first-order valence-corrected chi connectivity index (χ1v) is 15.8. The van der Waals surface area contributed by atoms with Crippen molar-refractivity contribution in [2.24, 2.45) is 5.92 Å². The van der Waals surface area contributed by atoms with E-state index in [1.807, 2.05) is 17.9 Å². The van der Waals surface area contributed by atoms with Crippen molar-refractivity contribution in [3.63, 3.8) is 0 Å². The van der Waals surface area contributed by atoms with Crippen molar-refractivity contribution in [1.82, 2.24) is 24.3 Å². The quantitative estimate of drug-likeness (QED) is 0.375. The van der Waals surface area contributed by atoms with E-state index in [2.05, 4.69) is 45.4 Å². The number of halogens is 2. The topological polar surface area (TPSA) is 91.1 Å². The van der Waals surface area contributed by atoms with Gasteiger partial charge in [0.25, 0.3) is 0 Å². The van der Waals surface area contributed by atoms with E-state index in [0.717, 1.165) is 60.8 Å². The molecule has 1 aliphatic carbocycles. The van der Waals surface area contributed by atoms with Crippen molar-refractivity contribution >= 4 is 49.7 Å². The third-order valence-electron chi connectivity index (χ3n) is 10.3. The van der Waals surface area contributed by atoms with Gasteiger partial charge in [0.1, 0.15) is 11.6 Å². The Labute approximate surface area is 252 Å². The molecule has 4 aliphatic heterocycles. The lowest BCUT2D eigenvalue weighted by atomic mass is 9.79. The summed E-state index contributed by atoms with van der Waals surface area (Å²) >= 11 is 3.42. The number of aromatic nitrogens is 2. The average molecular weight is 643 g/mol. The lowest BCUT2D eigenvalue weighted by molar-refractivity contribution is -0.129. The van der Waals surface area contributed by atoms with Gasteiger partial charge in [-0.25, -0.2) is 14.2 Å². The molecule has 42 heavy (non-hydrogen) atoms. The number of aryl methyl sites for hydroxylation is 1. The maximum Gasteiger partial charge on any atom is 0.407 e. The van der Waals surface area contributed by atoms with Gasteiger partial charge in [-0.15, -0.1) is 0 Å². The molecule has 2 aromatic heterocycles. The number of pyridine rings is 1. The number of hydrogen-bond acceptors (Lipinski definition) is 5. The Morgan fingerprint density at radius 1 is 1.17 bits per heavy atom. The Hall–Kier alpha value is -2.92. The molecule has 4 saturated heterocycles. The second-order valence-electron chi connectivity index (χ2n) is 12.7. The molecule has 5 fully saturated rings. The van der Waals surface area contributed by atoms with Gasteiger partial charge in [-0.05, 0) is 93.2 Å². The van der Waals surface area contributed by atoms with Crippen LogP contribution in [-0.4, -0.2) is 86.2 Å². The molecule has 8 rings (SSSR count). The summed E-state index contributed by atoms with van der Waals surface area (Å²) in [5.74, 6) is 0.106. The number of likely N-dealkylation sites (tertiary alicyclic amines) is 2. The molecule has 1 aromatic carbocycles. The highest BCUT2D eigenvalue weighted by molar-refractivity contribution is 9.10. The van der Waals surface area contributed by atoms with E-state index in [1.54, 1.807) is 11.8 Å². The summed E-state index contributed by atoms with van der Waals surface area (Å²) in [6.07, 6.45) is 3.54.